The molecule has 1 fully saturated rings. The number of halogens is 1. The van der Waals surface area contributed by atoms with Crippen LogP contribution in [0.1, 0.15) is 47.8 Å². The summed E-state index contributed by atoms with van der Waals surface area (Å²) in [5.74, 6) is 0.312. The van der Waals surface area contributed by atoms with Crippen LogP contribution in [0.4, 0.5) is 5.69 Å². The first kappa shape index (κ1) is 15.4. The minimum absolute atomic E-state index is 0.119. The second-order valence-electron chi connectivity index (χ2n) is 5.56. The van der Waals surface area contributed by atoms with Crippen LogP contribution in [0.3, 0.4) is 0 Å². The van der Waals surface area contributed by atoms with Crippen LogP contribution in [-0.2, 0) is 9.47 Å². The number of fused-ring (bicyclic) bond motifs is 1. The van der Waals surface area contributed by atoms with E-state index in [0.717, 1.165) is 49.4 Å². The highest BCUT2D eigenvalue weighted by atomic mass is 35.5. The zero-order valence-corrected chi connectivity index (χ0v) is 13.3. The molecule has 2 aliphatic rings. The SMILES string of the molecule is COC(=O)c1ccc2c(n1)C(C[C@@H]1CCO1)C(CCCCl)=N2. The van der Waals surface area contributed by atoms with Crippen LogP contribution in [0.2, 0.25) is 0 Å². The van der Waals surface area contributed by atoms with Crippen molar-refractivity contribution < 1.29 is 14.3 Å². The number of alkyl halides is 1. The quantitative estimate of drug-likeness (QED) is 0.596. The fraction of sp³-hybridized carbons (Fsp3) is 0.562. The Morgan fingerprint density at radius 3 is 2.95 bits per heavy atom. The number of hydrogen-bond acceptors (Lipinski definition) is 5. The average molecular weight is 323 g/mol. The molecular formula is C16H19ClN2O3. The van der Waals surface area contributed by atoms with Gasteiger partial charge in [0.2, 0.25) is 0 Å². The lowest BCUT2D eigenvalue weighted by Crippen LogP contribution is -2.30. The highest BCUT2D eigenvalue weighted by Gasteiger charge is 2.33. The Bertz CT molecular complexity index is 599. The number of esters is 1. The van der Waals surface area contributed by atoms with Gasteiger partial charge in [0, 0.05) is 24.1 Å². The molecule has 0 N–H and O–H groups in total. The topological polar surface area (TPSA) is 60.8 Å². The molecule has 118 valence electrons. The molecule has 0 amide bonds. The number of carbonyl (C=O) groups excluding carboxylic acids is 1. The molecule has 1 aromatic heterocycles. The van der Waals surface area contributed by atoms with Crippen LogP contribution in [0, 0.1) is 0 Å². The van der Waals surface area contributed by atoms with Crippen LogP contribution in [0.15, 0.2) is 17.1 Å². The number of carbonyl (C=O) groups is 1. The van der Waals surface area contributed by atoms with Crippen LogP contribution < -0.4 is 0 Å². The first-order valence-electron chi connectivity index (χ1n) is 7.57. The molecule has 0 bridgehead atoms. The third-order valence-corrected chi connectivity index (χ3v) is 4.42. The molecule has 22 heavy (non-hydrogen) atoms. The fourth-order valence-electron chi connectivity index (χ4n) is 2.89. The lowest BCUT2D eigenvalue weighted by atomic mass is 9.89. The molecular weight excluding hydrogens is 304 g/mol. The number of pyridine rings is 1. The first-order chi connectivity index (χ1) is 10.7. The van der Waals surface area contributed by atoms with E-state index in [4.69, 9.17) is 26.1 Å². The van der Waals surface area contributed by atoms with Gasteiger partial charge in [0.15, 0.2) is 0 Å². The summed E-state index contributed by atoms with van der Waals surface area (Å²) in [5.41, 5.74) is 3.14. The molecule has 0 aliphatic carbocycles. The van der Waals surface area contributed by atoms with Crippen LogP contribution in [0.25, 0.3) is 0 Å². The van der Waals surface area contributed by atoms with Crippen molar-refractivity contribution >= 4 is 29.0 Å². The Balaban J connectivity index is 1.86. The summed E-state index contributed by atoms with van der Waals surface area (Å²) in [7, 11) is 1.36. The molecule has 0 aromatic carbocycles. The van der Waals surface area contributed by atoms with Gasteiger partial charge in [-0.1, -0.05) is 0 Å². The predicted octanol–water partition coefficient (Wildman–Crippen LogP) is 3.24. The largest absolute Gasteiger partial charge is 0.464 e. The molecule has 0 spiro atoms. The van der Waals surface area contributed by atoms with Crippen molar-refractivity contribution in [1.82, 2.24) is 4.98 Å². The van der Waals surface area contributed by atoms with Crippen LogP contribution in [-0.4, -0.2) is 42.4 Å². The van der Waals surface area contributed by atoms with Crippen LogP contribution in [0.5, 0.6) is 0 Å². The third-order valence-electron chi connectivity index (χ3n) is 4.15. The van der Waals surface area contributed by atoms with Crippen molar-refractivity contribution in [2.24, 2.45) is 4.99 Å². The monoisotopic (exact) mass is 322 g/mol. The number of nitrogens with zero attached hydrogens (tertiary/aromatic N) is 2. The summed E-state index contributed by atoms with van der Waals surface area (Å²) >= 11 is 5.81. The lowest BCUT2D eigenvalue weighted by molar-refractivity contribution is -0.0554. The standard InChI is InChI=1S/C16H19ClN2O3/c1-21-16(20)14-5-4-13-15(19-14)11(9-10-6-8-22-10)12(18-13)3-2-7-17/h4-5,10-11H,2-3,6-9H2,1H3/t10-,11?/m0/s1. The van der Waals surface area contributed by atoms with Crippen molar-refractivity contribution in [2.45, 2.75) is 37.7 Å². The van der Waals surface area contributed by atoms with E-state index < -0.39 is 5.97 Å². The summed E-state index contributed by atoms with van der Waals surface area (Å²) in [6.07, 6.45) is 3.95. The van der Waals surface area contributed by atoms with Gasteiger partial charge in [-0.25, -0.2) is 9.78 Å². The van der Waals surface area contributed by atoms with Crippen molar-refractivity contribution in [2.75, 3.05) is 19.6 Å². The molecule has 1 saturated heterocycles. The van der Waals surface area contributed by atoms with E-state index in [1.54, 1.807) is 6.07 Å². The van der Waals surface area contributed by atoms with E-state index in [2.05, 4.69) is 4.98 Å². The minimum atomic E-state index is -0.421. The molecule has 1 unspecified atom stereocenters. The number of aromatic nitrogens is 1. The van der Waals surface area contributed by atoms with Gasteiger partial charge in [0.25, 0.3) is 0 Å². The molecule has 0 radical (unpaired) electrons. The Morgan fingerprint density at radius 2 is 2.32 bits per heavy atom. The zero-order chi connectivity index (χ0) is 15.5. The summed E-state index contributed by atoms with van der Waals surface area (Å²) < 4.78 is 10.3. The lowest BCUT2D eigenvalue weighted by Gasteiger charge is -2.29. The van der Waals surface area contributed by atoms with Crippen molar-refractivity contribution in [3.8, 4) is 0 Å². The van der Waals surface area contributed by atoms with Crippen LogP contribution >= 0.6 is 11.6 Å². The first-order valence-corrected chi connectivity index (χ1v) is 8.10. The molecule has 3 rings (SSSR count). The van der Waals surface area contributed by atoms with E-state index in [9.17, 15) is 4.79 Å². The van der Waals surface area contributed by atoms with Crippen molar-refractivity contribution in [3.05, 3.63) is 23.5 Å². The molecule has 6 heteroatoms. The van der Waals surface area contributed by atoms with E-state index in [0.29, 0.717) is 11.6 Å². The van der Waals surface area contributed by atoms with Gasteiger partial charge in [0.05, 0.1) is 24.6 Å². The molecule has 1 aromatic rings. The number of hydrogen-bond donors (Lipinski definition) is 0. The fourth-order valence-corrected chi connectivity index (χ4v) is 3.02. The normalized spacial score (nSPS) is 22.7. The van der Waals surface area contributed by atoms with Gasteiger partial charge in [0.1, 0.15) is 5.69 Å². The average Bonchev–Trinajstić information content (AvgIpc) is 2.84. The second-order valence-corrected chi connectivity index (χ2v) is 5.94. The maximum atomic E-state index is 11.7. The predicted molar refractivity (Wildman–Crippen MR) is 84.3 cm³/mol. The Morgan fingerprint density at radius 1 is 1.50 bits per heavy atom. The highest BCUT2D eigenvalue weighted by molar-refractivity contribution is 6.18. The van der Waals surface area contributed by atoms with E-state index in [1.807, 2.05) is 6.07 Å². The highest BCUT2D eigenvalue weighted by Crippen LogP contribution is 2.40. The molecule has 3 heterocycles. The summed E-state index contributed by atoms with van der Waals surface area (Å²) in [5, 5.41) is 0. The molecule has 5 nitrogen and oxygen atoms in total. The number of methoxy groups -OCH3 is 1. The smallest absolute Gasteiger partial charge is 0.356 e. The Labute approximate surface area is 134 Å². The zero-order valence-electron chi connectivity index (χ0n) is 12.5. The van der Waals surface area contributed by atoms with Crippen molar-refractivity contribution in [3.63, 3.8) is 0 Å². The summed E-state index contributed by atoms with van der Waals surface area (Å²) in [6, 6.07) is 3.51. The van der Waals surface area contributed by atoms with Gasteiger partial charge in [-0.05, 0) is 37.8 Å². The van der Waals surface area contributed by atoms with Gasteiger partial charge >= 0.3 is 5.97 Å². The van der Waals surface area contributed by atoms with Gasteiger partial charge in [-0.2, -0.15) is 0 Å². The number of ether oxygens (including phenoxy) is 2. The molecule has 2 atom stereocenters. The second kappa shape index (κ2) is 6.75. The maximum absolute atomic E-state index is 11.7. The van der Waals surface area contributed by atoms with Crippen molar-refractivity contribution in [1.29, 1.82) is 0 Å². The van der Waals surface area contributed by atoms with Gasteiger partial charge in [-0.3, -0.25) is 4.99 Å². The van der Waals surface area contributed by atoms with E-state index >= 15 is 0 Å². The molecule has 2 aliphatic heterocycles. The number of rotatable bonds is 6. The third kappa shape index (κ3) is 3.01. The molecule has 0 saturated carbocycles. The summed E-state index contributed by atoms with van der Waals surface area (Å²) in [6.45, 7) is 0.827. The van der Waals surface area contributed by atoms with E-state index in [-0.39, 0.29) is 12.0 Å². The summed E-state index contributed by atoms with van der Waals surface area (Å²) in [4.78, 5) is 20.9. The number of aliphatic imine (C=N–C) groups is 1. The Kier molecular flexibility index (Phi) is 4.74. The minimum Gasteiger partial charge on any atom is -0.464 e. The van der Waals surface area contributed by atoms with Gasteiger partial charge in [-0.15, -0.1) is 11.6 Å². The van der Waals surface area contributed by atoms with E-state index in [1.165, 1.54) is 7.11 Å². The van der Waals surface area contributed by atoms with Gasteiger partial charge < -0.3 is 9.47 Å². The maximum Gasteiger partial charge on any atom is 0.356 e. The Hall–Kier alpha value is -1.46.